The van der Waals surface area contributed by atoms with Crippen molar-refractivity contribution in [2.24, 2.45) is 5.73 Å². The Morgan fingerprint density at radius 2 is 2.28 bits per heavy atom. The third kappa shape index (κ3) is 2.49. The van der Waals surface area contributed by atoms with E-state index in [1.54, 1.807) is 13.0 Å². The number of aromatic nitrogens is 2. The van der Waals surface area contributed by atoms with Gasteiger partial charge in [-0.3, -0.25) is 4.72 Å². The van der Waals surface area contributed by atoms with Gasteiger partial charge in [0.1, 0.15) is 16.4 Å². The van der Waals surface area contributed by atoms with Crippen molar-refractivity contribution >= 4 is 15.8 Å². The molecule has 2 aromatic rings. The zero-order valence-electron chi connectivity index (χ0n) is 9.62. The largest absolute Gasteiger partial charge is 0.464 e. The lowest BCUT2D eigenvalue weighted by atomic mass is 10.4. The minimum absolute atomic E-state index is 0.0496. The molecule has 0 aliphatic carbocycles. The van der Waals surface area contributed by atoms with E-state index in [2.05, 4.69) is 14.9 Å². The molecule has 0 saturated carbocycles. The Hall–Kier alpha value is -1.93. The molecule has 2 rings (SSSR count). The van der Waals surface area contributed by atoms with Gasteiger partial charge in [-0.15, -0.1) is 5.10 Å². The molecule has 8 heteroatoms. The summed E-state index contributed by atoms with van der Waals surface area (Å²) < 4.78 is 31.7. The van der Waals surface area contributed by atoms with Gasteiger partial charge in [0.05, 0.1) is 6.54 Å². The molecular weight excluding hydrogens is 256 g/mol. The van der Waals surface area contributed by atoms with Gasteiger partial charge in [0.15, 0.2) is 5.82 Å². The van der Waals surface area contributed by atoms with Crippen LogP contribution in [0.2, 0.25) is 0 Å². The SMILES string of the molecule is Cc1oc(CN)cc1S(=O)(=O)Nc1cccnn1. The van der Waals surface area contributed by atoms with Crippen LogP contribution in [-0.4, -0.2) is 18.6 Å². The molecule has 3 N–H and O–H groups in total. The van der Waals surface area contributed by atoms with Gasteiger partial charge in [0, 0.05) is 12.3 Å². The second-order valence-corrected chi connectivity index (χ2v) is 5.20. The molecule has 96 valence electrons. The van der Waals surface area contributed by atoms with Gasteiger partial charge in [-0.05, 0) is 19.1 Å². The first kappa shape index (κ1) is 12.5. The van der Waals surface area contributed by atoms with Gasteiger partial charge in [-0.25, -0.2) is 8.42 Å². The summed E-state index contributed by atoms with van der Waals surface area (Å²) in [4.78, 5) is 0.0496. The normalized spacial score (nSPS) is 11.4. The van der Waals surface area contributed by atoms with Crippen LogP contribution in [0.4, 0.5) is 5.82 Å². The van der Waals surface area contributed by atoms with E-state index >= 15 is 0 Å². The predicted octanol–water partition coefficient (Wildman–Crippen LogP) is 0.638. The van der Waals surface area contributed by atoms with Crippen molar-refractivity contribution in [3.05, 3.63) is 35.9 Å². The molecule has 0 amide bonds. The molecule has 0 aromatic carbocycles. The van der Waals surface area contributed by atoms with Crippen molar-refractivity contribution < 1.29 is 12.8 Å². The maximum absolute atomic E-state index is 12.1. The smallest absolute Gasteiger partial charge is 0.266 e. The summed E-state index contributed by atoms with van der Waals surface area (Å²) in [5.41, 5.74) is 5.40. The fourth-order valence-corrected chi connectivity index (χ4v) is 2.64. The van der Waals surface area contributed by atoms with Crippen molar-refractivity contribution in [2.45, 2.75) is 18.4 Å². The zero-order chi connectivity index (χ0) is 13.2. The monoisotopic (exact) mass is 268 g/mol. The van der Waals surface area contributed by atoms with Gasteiger partial charge in [0.25, 0.3) is 10.0 Å². The molecule has 0 fully saturated rings. The topological polar surface area (TPSA) is 111 Å². The van der Waals surface area contributed by atoms with Gasteiger partial charge >= 0.3 is 0 Å². The maximum atomic E-state index is 12.1. The fraction of sp³-hybridized carbons (Fsp3) is 0.200. The highest BCUT2D eigenvalue weighted by molar-refractivity contribution is 7.92. The number of furan rings is 1. The molecule has 2 aromatic heterocycles. The van der Waals surface area contributed by atoms with E-state index in [0.29, 0.717) is 5.76 Å². The van der Waals surface area contributed by atoms with Crippen molar-refractivity contribution in [3.8, 4) is 0 Å². The number of anilines is 1. The predicted molar refractivity (Wildman–Crippen MR) is 64.2 cm³/mol. The second-order valence-electron chi connectivity index (χ2n) is 3.55. The summed E-state index contributed by atoms with van der Waals surface area (Å²) in [5.74, 6) is 0.839. The molecule has 0 saturated heterocycles. The first-order valence-electron chi connectivity index (χ1n) is 5.13. The molecule has 0 atom stereocenters. The van der Waals surface area contributed by atoms with Crippen molar-refractivity contribution in [1.29, 1.82) is 0 Å². The quantitative estimate of drug-likeness (QED) is 0.841. The van der Waals surface area contributed by atoms with E-state index in [0.717, 1.165) is 0 Å². The van der Waals surface area contributed by atoms with Gasteiger partial charge < -0.3 is 10.2 Å². The summed E-state index contributed by atoms with van der Waals surface area (Å²) >= 11 is 0. The number of hydrogen-bond acceptors (Lipinski definition) is 6. The van der Waals surface area contributed by atoms with Crippen LogP contribution < -0.4 is 10.5 Å². The number of nitrogens with two attached hydrogens (primary N) is 1. The van der Waals surface area contributed by atoms with E-state index in [1.807, 2.05) is 0 Å². The van der Waals surface area contributed by atoms with Crippen LogP contribution in [-0.2, 0) is 16.6 Å². The Bertz CT molecular complexity index is 636. The van der Waals surface area contributed by atoms with Crippen molar-refractivity contribution in [2.75, 3.05) is 4.72 Å². The molecule has 0 unspecified atom stereocenters. The maximum Gasteiger partial charge on any atom is 0.266 e. The molecule has 2 heterocycles. The number of nitrogens with one attached hydrogen (secondary N) is 1. The molecular formula is C10H12N4O3S. The summed E-state index contributed by atoms with van der Waals surface area (Å²) in [6.45, 7) is 1.70. The second kappa shape index (κ2) is 4.75. The number of hydrogen-bond donors (Lipinski definition) is 2. The first-order valence-corrected chi connectivity index (χ1v) is 6.61. The summed E-state index contributed by atoms with van der Waals surface area (Å²) in [6.07, 6.45) is 1.45. The molecule has 0 aliphatic rings. The lowest BCUT2D eigenvalue weighted by Gasteiger charge is -2.04. The van der Waals surface area contributed by atoms with Crippen LogP contribution in [0.5, 0.6) is 0 Å². The Balaban J connectivity index is 2.34. The van der Waals surface area contributed by atoms with Crippen LogP contribution in [0.3, 0.4) is 0 Å². The van der Waals surface area contributed by atoms with E-state index in [9.17, 15) is 8.42 Å². The first-order chi connectivity index (χ1) is 8.53. The minimum atomic E-state index is -3.74. The molecule has 0 bridgehead atoms. The van der Waals surface area contributed by atoms with Crippen molar-refractivity contribution in [1.82, 2.24) is 10.2 Å². The third-order valence-electron chi connectivity index (χ3n) is 2.23. The highest BCUT2D eigenvalue weighted by Gasteiger charge is 2.21. The highest BCUT2D eigenvalue weighted by atomic mass is 32.2. The molecule has 7 nitrogen and oxygen atoms in total. The van der Waals surface area contributed by atoms with E-state index in [-0.39, 0.29) is 23.0 Å². The third-order valence-corrected chi connectivity index (χ3v) is 3.69. The average Bonchev–Trinajstić information content (AvgIpc) is 2.72. The van der Waals surface area contributed by atoms with Crippen LogP contribution >= 0.6 is 0 Å². The number of sulfonamides is 1. The molecule has 0 aliphatic heterocycles. The summed E-state index contributed by atoms with van der Waals surface area (Å²) in [5, 5.41) is 7.24. The van der Waals surface area contributed by atoms with Gasteiger partial charge in [-0.2, -0.15) is 5.10 Å². The number of nitrogens with zero attached hydrogens (tertiary/aromatic N) is 2. The lowest BCUT2D eigenvalue weighted by Crippen LogP contribution is -2.14. The Morgan fingerprint density at radius 1 is 1.50 bits per heavy atom. The minimum Gasteiger partial charge on any atom is -0.464 e. The van der Waals surface area contributed by atoms with Crippen LogP contribution in [0.15, 0.2) is 33.7 Å². The average molecular weight is 268 g/mol. The van der Waals surface area contributed by atoms with E-state index in [4.69, 9.17) is 10.2 Å². The van der Waals surface area contributed by atoms with Crippen molar-refractivity contribution in [3.63, 3.8) is 0 Å². The van der Waals surface area contributed by atoms with Crippen LogP contribution in [0.1, 0.15) is 11.5 Å². The van der Waals surface area contributed by atoms with E-state index in [1.165, 1.54) is 18.3 Å². The van der Waals surface area contributed by atoms with Crippen LogP contribution in [0, 0.1) is 6.92 Å². The number of rotatable bonds is 4. The molecule has 0 spiro atoms. The fourth-order valence-electron chi connectivity index (χ4n) is 1.44. The Morgan fingerprint density at radius 3 is 2.83 bits per heavy atom. The summed E-state index contributed by atoms with van der Waals surface area (Å²) in [6, 6.07) is 4.48. The van der Waals surface area contributed by atoms with Gasteiger partial charge in [-0.1, -0.05) is 0 Å². The van der Waals surface area contributed by atoms with E-state index < -0.39 is 10.0 Å². The highest BCUT2D eigenvalue weighted by Crippen LogP contribution is 2.21. The molecule has 0 radical (unpaired) electrons. The van der Waals surface area contributed by atoms with Crippen LogP contribution in [0.25, 0.3) is 0 Å². The standard InChI is InChI=1S/C10H12N4O3S/c1-7-9(5-8(6-11)17-7)18(15,16)14-10-3-2-4-12-13-10/h2-5H,6,11H2,1H3,(H,13,14). The van der Waals surface area contributed by atoms with Gasteiger partial charge in [0.2, 0.25) is 0 Å². The Kier molecular flexibility index (Phi) is 3.30. The molecule has 18 heavy (non-hydrogen) atoms. The number of aryl methyl sites for hydroxylation is 1. The lowest BCUT2D eigenvalue weighted by molar-refractivity contribution is 0.479. The Labute approximate surface area is 104 Å². The summed E-state index contributed by atoms with van der Waals surface area (Å²) in [7, 11) is -3.74. The zero-order valence-corrected chi connectivity index (χ0v) is 10.4.